The summed E-state index contributed by atoms with van der Waals surface area (Å²) in [6.45, 7) is 0. The summed E-state index contributed by atoms with van der Waals surface area (Å²) in [4.78, 5) is 29.8. The number of rotatable bonds is 3. The zero-order valence-electron chi connectivity index (χ0n) is 21.1. The summed E-state index contributed by atoms with van der Waals surface area (Å²) < 4.78 is 37.1. The Morgan fingerprint density at radius 1 is 0.800 bits per heavy atom. The highest BCUT2D eigenvalue weighted by Gasteiger charge is 2.19. The summed E-state index contributed by atoms with van der Waals surface area (Å²) in [6.07, 6.45) is 7.73. The minimum atomic E-state index is -4.94. The standard InChI is InChI=1S/C13H14N3.C10H8N2.C2Br2O2.ClHO4.H2O/c1-14(2)13-15-9-5-3-7-11(15)12-8-4-6-10-16(12)13;1-3-7-11-9(5-1)10-6-2-4-8-12-10;3-1(5)2(4)6;2-1(3,4)5;/h3-10H,1-2H3;1-8H;;(H,2,3,4,5);1H2/q+1;;;;/p-1. The molecule has 40 heavy (non-hydrogen) atoms. The first kappa shape index (κ1) is 34.7. The normalized spacial score (nSPS) is 10.0. The first-order valence-electron chi connectivity index (χ1n) is 10.8. The molecule has 0 saturated carbocycles. The van der Waals surface area contributed by atoms with Gasteiger partial charge in [0.15, 0.2) is 0 Å². The third-order valence-corrected chi connectivity index (χ3v) is 5.81. The van der Waals surface area contributed by atoms with Crippen molar-refractivity contribution in [2.45, 2.75) is 0 Å². The smallest absolute Gasteiger partial charge is 0.369 e. The molecular formula is C25H24Br2ClN5O7. The van der Waals surface area contributed by atoms with Gasteiger partial charge in [-0.25, -0.2) is 27.4 Å². The molecule has 0 aliphatic carbocycles. The van der Waals surface area contributed by atoms with E-state index in [-0.39, 0.29) is 5.48 Å². The largest absolute Gasteiger partial charge is 0.412 e. The van der Waals surface area contributed by atoms with E-state index in [1.807, 2.05) is 36.4 Å². The Kier molecular flexibility index (Phi) is 14.5. The molecular weight excluding hydrogens is 678 g/mol. The number of aromatic nitrogens is 4. The van der Waals surface area contributed by atoms with Gasteiger partial charge < -0.3 is 5.48 Å². The minimum Gasteiger partial charge on any atom is -0.412 e. The van der Waals surface area contributed by atoms with Crippen LogP contribution in [0, 0.1) is 10.2 Å². The van der Waals surface area contributed by atoms with Gasteiger partial charge in [0.2, 0.25) is 0 Å². The molecule has 0 saturated heterocycles. The second kappa shape index (κ2) is 16.7. The first-order valence-corrected chi connectivity index (χ1v) is 13.6. The van der Waals surface area contributed by atoms with Crippen LogP contribution in [0.4, 0.5) is 5.95 Å². The molecule has 0 radical (unpaired) electrons. The molecule has 0 bridgehead atoms. The Morgan fingerprint density at radius 3 is 1.70 bits per heavy atom. The number of fused-ring (bicyclic) bond motifs is 3. The maximum atomic E-state index is 9.66. The summed E-state index contributed by atoms with van der Waals surface area (Å²) in [5.74, 6) is 1.16. The van der Waals surface area contributed by atoms with E-state index in [9.17, 15) is 9.59 Å². The molecule has 0 amide bonds. The van der Waals surface area contributed by atoms with E-state index in [4.69, 9.17) is 18.6 Å². The van der Waals surface area contributed by atoms with Crippen molar-refractivity contribution < 1.29 is 48.3 Å². The Bertz CT molecular complexity index is 1390. The van der Waals surface area contributed by atoms with E-state index in [0.29, 0.717) is 0 Å². The van der Waals surface area contributed by atoms with E-state index < -0.39 is 19.6 Å². The Morgan fingerprint density at radius 2 is 1.27 bits per heavy atom. The molecule has 5 rings (SSSR count). The van der Waals surface area contributed by atoms with E-state index in [1.54, 1.807) is 12.4 Å². The molecule has 2 N–H and O–H groups in total. The van der Waals surface area contributed by atoms with Crippen LogP contribution in [-0.2, 0) is 9.59 Å². The Hall–Kier alpha value is -3.34. The highest BCUT2D eigenvalue weighted by atomic mass is 79.9. The molecule has 0 aromatic carbocycles. The number of imidazole rings is 1. The van der Waals surface area contributed by atoms with Gasteiger partial charge in [0.25, 0.3) is 9.39 Å². The number of carbonyl (C=O) groups excluding carboxylic acids is 2. The van der Waals surface area contributed by atoms with Crippen molar-refractivity contribution in [3.8, 4) is 11.4 Å². The summed E-state index contributed by atoms with van der Waals surface area (Å²) in [6, 6.07) is 24.1. The van der Waals surface area contributed by atoms with Crippen molar-refractivity contribution in [1.29, 1.82) is 0 Å². The summed E-state index contributed by atoms with van der Waals surface area (Å²) in [5, 5.41) is 0. The van der Waals surface area contributed by atoms with Crippen LogP contribution in [0.25, 0.3) is 22.4 Å². The second-order valence-corrected chi connectivity index (χ2v) is 9.66. The average Bonchev–Trinajstić information content (AvgIpc) is 3.24. The van der Waals surface area contributed by atoms with E-state index in [2.05, 4.69) is 118 Å². The summed E-state index contributed by atoms with van der Waals surface area (Å²) in [7, 11) is -0.817. The Balaban J connectivity index is 0.000000295. The highest BCUT2D eigenvalue weighted by Crippen LogP contribution is 2.17. The van der Waals surface area contributed by atoms with Gasteiger partial charge in [0.05, 0.1) is 37.9 Å². The molecule has 0 unspecified atom stereocenters. The lowest BCUT2D eigenvalue weighted by Crippen LogP contribution is -2.68. The fourth-order valence-electron chi connectivity index (χ4n) is 3.23. The van der Waals surface area contributed by atoms with Crippen molar-refractivity contribution in [3.05, 3.63) is 97.6 Å². The third kappa shape index (κ3) is 11.4. The van der Waals surface area contributed by atoms with Crippen molar-refractivity contribution in [1.82, 2.24) is 14.4 Å². The number of halogens is 3. The van der Waals surface area contributed by atoms with Crippen LogP contribution >= 0.6 is 31.9 Å². The van der Waals surface area contributed by atoms with Gasteiger partial charge in [-0.2, -0.15) is 0 Å². The quantitative estimate of drug-likeness (QED) is 0.131. The zero-order valence-corrected chi connectivity index (χ0v) is 25.0. The van der Waals surface area contributed by atoms with E-state index >= 15 is 0 Å². The monoisotopic (exact) mass is 699 g/mol. The molecule has 12 nitrogen and oxygen atoms in total. The number of hydrogen-bond acceptors (Lipinski definition) is 9. The maximum absolute atomic E-state index is 9.66. The van der Waals surface area contributed by atoms with Crippen LogP contribution in [-0.4, -0.2) is 43.3 Å². The van der Waals surface area contributed by atoms with Gasteiger partial charge in [-0.05, 0) is 48.5 Å². The summed E-state index contributed by atoms with van der Waals surface area (Å²) in [5.41, 5.74) is 4.29. The molecule has 5 heterocycles. The zero-order chi connectivity index (χ0) is 29.0. The number of nitrogens with zero attached hydrogens (tertiary/aromatic N) is 5. The molecule has 5 aromatic heterocycles. The molecule has 5 aromatic rings. The van der Waals surface area contributed by atoms with Crippen molar-refractivity contribution in [2.75, 3.05) is 19.0 Å². The van der Waals surface area contributed by atoms with Crippen molar-refractivity contribution in [3.63, 3.8) is 0 Å². The van der Waals surface area contributed by atoms with E-state index in [0.717, 1.165) is 17.3 Å². The topological polar surface area (TPSA) is 195 Å². The lowest BCUT2D eigenvalue weighted by atomic mass is 10.2. The lowest BCUT2D eigenvalue weighted by molar-refractivity contribution is -2.00. The van der Waals surface area contributed by atoms with Crippen LogP contribution in [0.1, 0.15) is 0 Å². The van der Waals surface area contributed by atoms with Crippen molar-refractivity contribution >= 4 is 58.2 Å². The number of anilines is 1. The predicted molar refractivity (Wildman–Crippen MR) is 144 cm³/mol. The van der Waals surface area contributed by atoms with Crippen LogP contribution in [0.3, 0.4) is 0 Å². The predicted octanol–water partition coefficient (Wildman–Crippen LogP) is -0.864. The van der Waals surface area contributed by atoms with E-state index in [1.165, 1.54) is 11.0 Å². The summed E-state index contributed by atoms with van der Waals surface area (Å²) >= 11 is 4.81. The van der Waals surface area contributed by atoms with Crippen molar-refractivity contribution in [2.24, 2.45) is 0 Å². The fourth-order valence-corrected chi connectivity index (χ4v) is 3.23. The van der Waals surface area contributed by atoms with Crippen LogP contribution in [0.15, 0.2) is 97.6 Å². The molecule has 212 valence electrons. The highest BCUT2D eigenvalue weighted by molar-refractivity contribution is 9.24. The van der Waals surface area contributed by atoms with Gasteiger partial charge in [-0.15, -0.1) is 10.2 Å². The van der Waals surface area contributed by atoms with Gasteiger partial charge in [-0.1, -0.05) is 24.3 Å². The molecule has 0 spiro atoms. The van der Waals surface area contributed by atoms with Crippen LogP contribution < -0.4 is 27.9 Å². The molecule has 0 atom stereocenters. The molecule has 15 heteroatoms. The molecule has 0 fully saturated rings. The molecule has 0 aliphatic heterocycles. The van der Waals surface area contributed by atoms with Gasteiger partial charge in [0, 0.05) is 44.3 Å². The van der Waals surface area contributed by atoms with Crippen LogP contribution in [0.5, 0.6) is 0 Å². The number of pyridine rings is 4. The minimum absolute atomic E-state index is 0. The fraction of sp³-hybridized carbons (Fsp3) is 0.0800. The van der Waals surface area contributed by atoms with Gasteiger partial charge in [-0.3, -0.25) is 24.5 Å². The van der Waals surface area contributed by atoms with Gasteiger partial charge in [0.1, 0.15) is 11.0 Å². The third-order valence-electron chi connectivity index (χ3n) is 4.56. The number of hydrogen-bond donors (Lipinski definition) is 0. The maximum Gasteiger partial charge on any atom is 0.369 e. The van der Waals surface area contributed by atoms with Crippen LogP contribution in [0.2, 0.25) is 0 Å². The number of carbonyl (C=O) groups is 2. The van der Waals surface area contributed by atoms with Gasteiger partial charge >= 0.3 is 5.95 Å². The SMILES string of the molecule is CN(C)c1n2ccccc2c2cccc[n+]12.O.O=C(Br)C(=O)Br.[O-][Cl+3]([O-])([O-])[O-].c1ccc(-c2ccccn2)nc1. The average molecular weight is 702 g/mol. The molecule has 0 aliphatic rings. The second-order valence-electron chi connectivity index (χ2n) is 7.46. The first-order chi connectivity index (χ1) is 18.4. The Labute approximate surface area is 248 Å². The lowest BCUT2D eigenvalue weighted by Gasteiger charge is -2.17.